The van der Waals surface area contributed by atoms with E-state index in [1.165, 1.54) is 10.5 Å². The van der Waals surface area contributed by atoms with E-state index < -0.39 is 0 Å². The Morgan fingerprint density at radius 3 is 2.52 bits per heavy atom. The van der Waals surface area contributed by atoms with Crippen LogP contribution in [0.3, 0.4) is 0 Å². The number of amides is 1. The van der Waals surface area contributed by atoms with Crippen molar-refractivity contribution in [1.82, 2.24) is 9.78 Å². The summed E-state index contributed by atoms with van der Waals surface area (Å²) in [6.45, 7) is 2.72. The lowest BCUT2D eigenvalue weighted by molar-refractivity contribution is -0.921. The first kappa shape index (κ1) is 17.5. The number of hydrogen-bond acceptors (Lipinski definition) is 2. The average Bonchev–Trinajstić information content (AvgIpc) is 3.13. The maximum atomic E-state index is 11.6. The molecular weight excluding hydrogens is 336 g/mol. The number of quaternary nitrogens is 1. The number of para-hydroxylation sites is 1. The molecule has 1 aliphatic heterocycles. The number of primary amides is 1. The molecule has 3 N–H and O–H groups in total. The van der Waals surface area contributed by atoms with Gasteiger partial charge in [0.25, 0.3) is 0 Å². The fourth-order valence-electron chi connectivity index (χ4n) is 3.91. The molecule has 2 atom stereocenters. The minimum Gasteiger partial charge on any atom is -0.369 e. The van der Waals surface area contributed by atoms with Crippen LogP contribution >= 0.6 is 0 Å². The van der Waals surface area contributed by atoms with E-state index in [0.29, 0.717) is 0 Å². The molecule has 4 rings (SSSR count). The van der Waals surface area contributed by atoms with E-state index in [4.69, 9.17) is 10.8 Å². The van der Waals surface area contributed by atoms with E-state index in [1.54, 1.807) is 0 Å². The van der Waals surface area contributed by atoms with Gasteiger partial charge < -0.3 is 10.6 Å². The third kappa shape index (κ3) is 3.93. The van der Waals surface area contributed by atoms with Gasteiger partial charge in [0.05, 0.1) is 30.3 Å². The van der Waals surface area contributed by atoms with E-state index in [9.17, 15) is 4.79 Å². The molecule has 1 unspecified atom stereocenters. The van der Waals surface area contributed by atoms with E-state index in [2.05, 4.69) is 30.5 Å². The van der Waals surface area contributed by atoms with E-state index in [0.717, 1.165) is 49.4 Å². The van der Waals surface area contributed by atoms with Crippen molar-refractivity contribution in [2.24, 2.45) is 11.7 Å². The van der Waals surface area contributed by atoms with Crippen molar-refractivity contribution in [3.05, 3.63) is 72.4 Å². The molecule has 0 radical (unpaired) electrons. The van der Waals surface area contributed by atoms with Crippen molar-refractivity contribution < 1.29 is 9.69 Å². The van der Waals surface area contributed by atoms with Gasteiger partial charge in [0.2, 0.25) is 5.91 Å². The number of nitrogens with one attached hydrogen (secondary N) is 1. The molecule has 3 aromatic rings. The second-order valence-electron chi connectivity index (χ2n) is 7.27. The summed E-state index contributed by atoms with van der Waals surface area (Å²) in [4.78, 5) is 13.0. The summed E-state index contributed by atoms with van der Waals surface area (Å²) in [7, 11) is 0. The molecule has 1 saturated heterocycles. The topological polar surface area (TPSA) is 65.3 Å². The Kier molecular flexibility index (Phi) is 5.03. The number of benzene rings is 2. The van der Waals surface area contributed by atoms with Crippen LogP contribution in [0.1, 0.15) is 18.4 Å². The van der Waals surface area contributed by atoms with Gasteiger partial charge in [-0.3, -0.25) is 4.79 Å². The molecule has 2 heterocycles. The van der Waals surface area contributed by atoms with Crippen LogP contribution in [0.15, 0.2) is 66.9 Å². The summed E-state index contributed by atoms with van der Waals surface area (Å²) >= 11 is 0. The van der Waals surface area contributed by atoms with E-state index >= 15 is 0 Å². The SMILES string of the molecule is NC(=O)[C@H]1CCC[NH+](Cc2cn(-c3ccccc3)nc2-c2ccccc2)C1. The van der Waals surface area contributed by atoms with Gasteiger partial charge in [0.1, 0.15) is 12.2 Å². The Bertz CT molecular complexity index is 905. The van der Waals surface area contributed by atoms with Gasteiger partial charge in [-0.15, -0.1) is 0 Å². The van der Waals surface area contributed by atoms with Crippen molar-refractivity contribution >= 4 is 5.91 Å². The number of nitrogens with two attached hydrogens (primary N) is 1. The smallest absolute Gasteiger partial charge is 0.226 e. The van der Waals surface area contributed by atoms with Crippen LogP contribution in [-0.2, 0) is 11.3 Å². The van der Waals surface area contributed by atoms with Gasteiger partial charge in [0, 0.05) is 11.8 Å². The minimum absolute atomic E-state index is 0.0157. The molecule has 138 valence electrons. The van der Waals surface area contributed by atoms with Gasteiger partial charge >= 0.3 is 0 Å². The van der Waals surface area contributed by atoms with Crippen molar-refractivity contribution in [1.29, 1.82) is 0 Å². The lowest BCUT2D eigenvalue weighted by Gasteiger charge is -2.28. The van der Waals surface area contributed by atoms with Crippen LogP contribution in [0.4, 0.5) is 0 Å². The number of aromatic nitrogens is 2. The van der Waals surface area contributed by atoms with Crippen LogP contribution in [0.25, 0.3) is 16.9 Å². The molecule has 0 aliphatic carbocycles. The van der Waals surface area contributed by atoms with Crippen LogP contribution in [0.5, 0.6) is 0 Å². The first-order valence-electron chi connectivity index (χ1n) is 9.53. The molecule has 1 fully saturated rings. The molecule has 1 aliphatic rings. The zero-order chi connectivity index (χ0) is 18.6. The second-order valence-corrected chi connectivity index (χ2v) is 7.27. The van der Waals surface area contributed by atoms with Crippen molar-refractivity contribution in [3.63, 3.8) is 0 Å². The van der Waals surface area contributed by atoms with Crippen LogP contribution in [0.2, 0.25) is 0 Å². The normalized spacial score (nSPS) is 19.7. The van der Waals surface area contributed by atoms with Gasteiger partial charge in [-0.25, -0.2) is 4.68 Å². The van der Waals surface area contributed by atoms with Crippen LogP contribution in [0, 0.1) is 5.92 Å². The molecule has 5 heteroatoms. The summed E-state index contributed by atoms with van der Waals surface area (Å²) in [5.41, 5.74) is 9.92. The molecule has 0 bridgehead atoms. The van der Waals surface area contributed by atoms with Crippen molar-refractivity contribution in [2.75, 3.05) is 13.1 Å². The standard InChI is InChI=1S/C22H24N4O/c23-22(27)18-10-7-13-25(14-18)15-19-16-26(20-11-5-2-6-12-20)24-21(19)17-8-3-1-4-9-17/h1-6,8-9,11-12,16,18H,7,10,13-15H2,(H2,23,27)/p+1/t18-/m0/s1. The van der Waals surface area contributed by atoms with Gasteiger partial charge in [-0.2, -0.15) is 5.10 Å². The maximum absolute atomic E-state index is 11.6. The Morgan fingerprint density at radius 1 is 1.11 bits per heavy atom. The average molecular weight is 361 g/mol. The Labute approximate surface area is 159 Å². The summed E-state index contributed by atoms with van der Waals surface area (Å²) in [5.74, 6) is -0.187. The third-order valence-electron chi connectivity index (χ3n) is 5.32. The molecule has 0 spiro atoms. The summed E-state index contributed by atoms with van der Waals surface area (Å²) < 4.78 is 1.95. The minimum atomic E-state index is -0.171. The second kappa shape index (κ2) is 7.76. The fraction of sp³-hybridized carbons (Fsp3) is 0.273. The molecule has 1 aromatic heterocycles. The first-order chi connectivity index (χ1) is 13.2. The summed E-state index contributed by atoms with van der Waals surface area (Å²) in [6.07, 6.45) is 4.07. The summed E-state index contributed by atoms with van der Waals surface area (Å²) in [5, 5.41) is 4.88. The van der Waals surface area contributed by atoms with Crippen molar-refractivity contribution in [2.45, 2.75) is 19.4 Å². The number of carbonyl (C=O) groups excluding carboxylic acids is 1. The number of likely N-dealkylation sites (tertiary alicyclic amines) is 1. The highest BCUT2D eigenvalue weighted by Gasteiger charge is 2.28. The Balaban J connectivity index is 1.66. The zero-order valence-electron chi connectivity index (χ0n) is 15.3. The van der Waals surface area contributed by atoms with E-state index in [1.807, 2.05) is 41.1 Å². The quantitative estimate of drug-likeness (QED) is 0.728. The largest absolute Gasteiger partial charge is 0.369 e. The predicted octanol–water partition coefficient (Wildman–Crippen LogP) is 1.82. The van der Waals surface area contributed by atoms with Gasteiger partial charge in [-0.05, 0) is 25.0 Å². The zero-order valence-corrected chi connectivity index (χ0v) is 15.3. The van der Waals surface area contributed by atoms with Gasteiger partial charge in [-0.1, -0.05) is 48.5 Å². The van der Waals surface area contributed by atoms with Crippen molar-refractivity contribution in [3.8, 4) is 16.9 Å². The number of carbonyl (C=O) groups is 1. The first-order valence-corrected chi connectivity index (χ1v) is 9.53. The van der Waals surface area contributed by atoms with Gasteiger partial charge in [0.15, 0.2) is 0 Å². The molecule has 1 amide bonds. The van der Waals surface area contributed by atoms with Crippen LogP contribution in [-0.4, -0.2) is 28.8 Å². The number of rotatable bonds is 5. The highest BCUT2D eigenvalue weighted by molar-refractivity contribution is 5.76. The Morgan fingerprint density at radius 2 is 1.81 bits per heavy atom. The number of piperidine rings is 1. The predicted molar refractivity (Wildman–Crippen MR) is 105 cm³/mol. The maximum Gasteiger partial charge on any atom is 0.226 e. The molecule has 2 aromatic carbocycles. The highest BCUT2D eigenvalue weighted by Crippen LogP contribution is 2.23. The lowest BCUT2D eigenvalue weighted by atomic mass is 9.97. The number of hydrogen-bond donors (Lipinski definition) is 2. The van der Waals surface area contributed by atoms with E-state index in [-0.39, 0.29) is 11.8 Å². The number of nitrogens with zero attached hydrogens (tertiary/aromatic N) is 2. The summed E-state index contributed by atoms with van der Waals surface area (Å²) in [6, 6.07) is 20.5. The molecule has 0 saturated carbocycles. The third-order valence-corrected chi connectivity index (χ3v) is 5.32. The van der Waals surface area contributed by atoms with Crippen LogP contribution < -0.4 is 10.6 Å². The molecule has 27 heavy (non-hydrogen) atoms. The lowest BCUT2D eigenvalue weighted by Crippen LogP contribution is -3.12. The fourth-order valence-corrected chi connectivity index (χ4v) is 3.91. The monoisotopic (exact) mass is 361 g/mol. The Hall–Kier alpha value is -2.92. The molecular formula is C22H25N4O+. The molecule has 5 nitrogen and oxygen atoms in total. The highest BCUT2D eigenvalue weighted by atomic mass is 16.1.